The molecule has 1 aliphatic heterocycles. The van der Waals surface area contributed by atoms with Gasteiger partial charge in [0.05, 0.1) is 18.7 Å². The number of rotatable bonds is 5. The van der Waals surface area contributed by atoms with Crippen molar-refractivity contribution < 1.29 is 19.1 Å². The maximum atomic E-state index is 12.0. The molecule has 0 saturated carbocycles. The van der Waals surface area contributed by atoms with Crippen molar-refractivity contribution in [3.63, 3.8) is 0 Å². The Labute approximate surface area is 134 Å². The fraction of sp³-hybridized carbons (Fsp3) is 0.438. The fourth-order valence-electron chi connectivity index (χ4n) is 2.19. The molecule has 2 rings (SSSR count). The lowest BCUT2D eigenvalue weighted by atomic mass is 10.1. The van der Waals surface area contributed by atoms with Crippen LogP contribution in [0.4, 0.5) is 5.69 Å². The molecule has 7 heteroatoms. The van der Waals surface area contributed by atoms with Gasteiger partial charge < -0.3 is 20.7 Å². The topological polar surface area (TPSA) is 96.5 Å². The second-order valence-corrected chi connectivity index (χ2v) is 5.80. The largest absolute Gasteiger partial charge is 0.478 e. The van der Waals surface area contributed by atoms with Crippen LogP contribution in [0.25, 0.3) is 0 Å². The third kappa shape index (κ3) is 4.70. The summed E-state index contributed by atoms with van der Waals surface area (Å²) >= 11 is 0. The summed E-state index contributed by atoms with van der Waals surface area (Å²) in [5.74, 6) is -0.529. The van der Waals surface area contributed by atoms with Gasteiger partial charge in [0.25, 0.3) is 5.91 Å². The van der Waals surface area contributed by atoms with Gasteiger partial charge in [-0.05, 0) is 38.5 Å². The summed E-state index contributed by atoms with van der Waals surface area (Å²) in [5.41, 5.74) is 1.60. The first-order valence-electron chi connectivity index (χ1n) is 7.49. The molecule has 0 fully saturated rings. The predicted octanol–water partition coefficient (Wildman–Crippen LogP) is 0.725. The zero-order valence-corrected chi connectivity index (χ0v) is 13.4. The lowest BCUT2D eigenvalue weighted by Crippen LogP contribution is -2.44. The number of nitrogens with one attached hydrogen (secondary N) is 3. The van der Waals surface area contributed by atoms with Crippen LogP contribution < -0.4 is 20.7 Å². The third-order valence-corrected chi connectivity index (χ3v) is 3.22. The molecule has 1 heterocycles. The summed E-state index contributed by atoms with van der Waals surface area (Å²) in [5, 5.41) is 7.87. The minimum Gasteiger partial charge on any atom is -0.478 e. The zero-order valence-electron chi connectivity index (χ0n) is 13.4. The van der Waals surface area contributed by atoms with Crippen LogP contribution in [0.5, 0.6) is 5.75 Å². The van der Waals surface area contributed by atoms with Crippen molar-refractivity contribution in [2.45, 2.75) is 39.3 Å². The van der Waals surface area contributed by atoms with Crippen LogP contribution in [0.3, 0.4) is 0 Å². The highest BCUT2D eigenvalue weighted by Gasteiger charge is 2.29. The van der Waals surface area contributed by atoms with Gasteiger partial charge in [0.1, 0.15) is 5.75 Å². The molecule has 1 unspecified atom stereocenters. The van der Waals surface area contributed by atoms with Gasteiger partial charge in [-0.3, -0.25) is 14.4 Å². The van der Waals surface area contributed by atoms with Gasteiger partial charge in [0, 0.05) is 6.04 Å². The lowest BCUT2D eigenvalue weighted by molar-refractivity contribution is -0.131. The molecule has 1 atom stereocenters. The highest BCUT2D eigenvalue weighted by molar-refractivity contribution is 6.00. The van der Waals surface area contributed by atoms with Crippen molar-refractivity contribution in [3.8, 4) is 5.75 Å². The molecule has 3 amide bonds. The van der Waals surface area contributed by atoms with E-state index in [0.717, 1.165) is 5.56 Å². The van der Waals surface area contributed by atoms with Gasteiger partial charge >= 0.3 is 0 Å². The van der Waals surface area contributed by atoms with Crippen molar-refractivity contribution >= 4 is 23.4 Å². The van der Waals surface area contributed by atoms with E-state index in [0.29, 0.717) is 11.4 Å². The summed E-state index contributed by atoms with van der Waals surface area (Å²) in [7, 11) is 0. The molecule has 0 aliphatic carbocycles. The first-order chi connectivity index (χ1) is 10.8. The number of hydrogen-bond donors (Lipinski definition) is 3. The number of fused-ring (bicyclic) bond motifs is 1. The number of aryl methyl sites for hydroxylation is 1. The Hall–Kier alpha value is -2.57. The summed E-state index contributed by atoms with van der Waals surface area (Å²) in [6, 6.07) is 5.43. The van der Waals surface area contributed by atoms with Gasteiger partial charge in [-0.2, -0.15) is 0 Å². The molecule has 124 valence electrons. The van der Waals surface area contributed by atoms with E-state index in [1.54, 1.807) is 12.1 Å². The number of anilines is 1. The molecule has 0 aromatic heterocycles. The predicted molar refractivity (Wildman–Crippen MR) is 85.1 cm³/mol. The van der Waals surface area contributed by atoms with Gasteiger partial charge in [-0.25, -0.2) is 0 Å². The normalized spacial score (nSPS) is 16.2. The maximum absolute atomic E-state index is 12.0. The van der Waals surface area contributed by atoms with Crippen molar-refractivity contribution in [1.29, 1.82) is 0 Å². The van der Waals surface area contributed by atoms with Crippen LogP contribution in [-0.2, 0) is 14.4 Å². The minimum atomic E-state index is -0.904. The molecule has 1 aromatic carbocycles. The monoisotopic (exact) mass is 319 g/mol. The summed E-state index contributed by atoms with van der Waals surface area (Å²) in [6.07, 6.45) is -1.05. The molecule has 0 spiro atoms. The Kier molecular flexibility index (Phi) is 5.20. The number of carbonyl (C=O) groups is 3. The highest BCUT2D eigenvalue weighted by Crippen LogP contribution is 2.30. The number of hydrogen-bond acceptors (Lipinski definition) is 4. The second-order valence-electron chi connectivity index (χ2n) is 5.80. The Morgan fingerprint density at radius 3 is 2.74 bits per heavy atom. The molecular weight excluding hydrogens is 298 g/mol. The van der Waals surface area contributed by atoms with Crippen molar-refractivity contribution in [1.82, 2.24) is 10.6 Å². The lowest BCUT2D eigenvalue weighted by Gasteiger charge is -2.25. The molecule has 3 N–H and O–H groups in total. The maximum Gasteiger partial charge on any atom is 0.266 e. The van der Waals surface area contributed by atoms with Crippen molar-refractivity contribution in [2.75, 3.05) is 11.9 Å². The van der Waals surface area contributed by atoms with Gasteiger partial charge in [-0.15, -0.1) is 0 Å². The third-order valence-electron chi connectivity index (χ3n) is 3.22. The minimum absolute atomic E-state index is 0.00631. The Morgan fingerprint density at radius 2 is 2.04 bits per heavy atom. The van der Waals surface area contributed by atoms with E-state index in [1.165, 1.54) is 0 Å². The Balaban J connectivity index is 1.88. The summed E-state index contributed by atoms with van der Waals surface area (Å²) in [6.45, 7) is 5.45. The molecular formula is C16H21N3O4. The molecule has 7 nitrogen and oxygen atoms in total. The molecule has 1 aliphatic rings. The Bertz CT molecular complexity index is 628. The highest BCUT2D eigenvalue weighted by atomic mass is 16.5. The van der Waals surface area contributed by atoms with Crippen molar-refractivity contribution in [2.24, 2.45) is 0 Å². The molecule has 23 heavy (non-hydrogen) atoms. The van der Waals surface area contributed by atoms with Gasteiger partial charge in [-0.1, -0.05) is 6.07 Å². The SMILES string of the molecule is Cc1ccc2c(c1)NC(=O)C(CC(=O)NCC(=O)NC(C)C)O2. The molecule has 1 aromatic rings. The number of benzene rings is 1. The van der Waals surface area contributed by atoms with Gasteiger partial charge in [0.2, 0.25) is 11.8 Å². The average Bonchev–Trinajstić information content (AvgIpc) is 2.45. The van der Waals surface area contributed by atoms with Crippen LogP contribution in [0, 0.1) is 6.92 Å². The van der Waals surface area contributed by atoms with E-state index >= 15 is 0 Å². The van der Waals surface area contributed by atoms with E-state index in [-0.39, 0.29) is 30.8 Å². The molecule has 0 bridgehead atoms. The quantitative estimate of drug-likeness (QED) is 0.745. The van der Waals surface area contributed by atoms with Crippen LogP contribution in [-0.4, -0.2) is 36.4 Å². The molecule has 0 saturated heterocycles. The van der Waals surface area contributed by atoms with E-state index in [9.17, 15) is 14.4 Å². The van der Waals surface area contributed by atoms with Crippen LogP contribution >= 0.6 is 0 Å². The van der Waals surface area contributed by atoms with Gasteiger partial charge in [0.15, 0.2) is 6.10 Å². The fourth-order valence-corrected chi connectivity index (χ4v) is 2.19. The molecule has 0 radical (unpaired) electrons. The average molecular weight is 319 g/mol. The van der Waals surface area contributed by atoms with Crippen LogP contribution in [0.15, 0.2) is 18.2 Å². The first-order valence-corrected chi connectivity index (χ1v) is 7.49. The van der Waals surface area contributed by atoms with E-state index in [1.807, 2.05) is 26.8 Å². The summed E-state index contributed by atoms with van der Waals surface area (Å²) < 4.78 is 5.57. The van der Waals surface area contributed by atoms with E-state index < -0.39 is 12.0 Å². The smallest absolute Gasteiger partial charge is 0.266 e. The first kappa shape index (κ1) is 16.8. The zero-order chi connectivity index (χ0) is 17.0. The number of amides is 3. The van der Waals surface area contributed by atoms with Crippen LogP contribution in [0.2, 0.25) is 0 Å². The Morgan fingerprint density at radius 1 is 1.30 bits per heavy atom. The van der Waals surface area contributed by atoms with Crippen molar-refractivity contribution in [3.05, 3.63) is 23.8 Å². The number of ether oxygens (including phenoxy) is 1. The van der Waals surface area contributed by atoms with E-state index in [4.69, 9.17) is 4.74 Å². The standard InChI is InChI=1S/C16H21N3O4/c1-9(2)18-15(21)8-17-14(20)7-13-16(22)19-11-6-10(3)4-5-12(11)23-13/h4-6,9,13H,7-8H2,1-3H3,(H,17,20)(H,18,21)(H,19,22). The number of carbonyl (C=O) groups excluding carboxylic acids is 3. The van der Waals surface area contributed by atoms with Crippen LogP contribution in [0.1, 0.15) is 25.8 Å². The second kappa shape index (κ2) is 7.13. The van der Waals surface area contributed by atoms with E-state index in [2.05, 4.69) is 16.0 Å². The summed E-state index contributed by atoms with van der Waals surface area (Å²) in [4.78, 5) is 35.3.